The Balaban J connectivity index is 1.66. The number of carbonyl (C=O) groups excluding carboxylic acids is 2. The first-order chi connectivity index (χ1) is 10.5. The zero-order valence-corrected chi connectivity index (χ0v) is 12.9. The fourth-order valence-electron chi connectivity index (χ4n) is 3.70. The molecule has 1 aliphatic carbocycles. The Kier molecular flexibility index (Phi) is 3.91. The quantitative estimate of drug-likeness (QED) is 0.634. The predicted octanol–water partition coefficient (Wildman–Crippen LogP) is 1.72. The zero-order valence-electron chi connectivity index (χ0n) is 12.9. The average molecular weight is 303 g/mol. The zero-order chi connectivity index (χ0) is 15.9. The Labute approximate surface area is 130 Å². The van der Waals surface area contributed by atoms with E-state index in [4.69, 9.17) is 9.47 Å². The fraction of sp³-hybridized carbons (Fsp3) is 0.529. The van der Waals surface area contributed by atoms with E-state index in [9.17, 15) is 9.59 Å². The molecule has 22 heavy (non-hydrogen) atoms. The molecule has 0 radical (unpaired) electrons. The number of carbonyl (C=O) groups is 2. The van der Waals surface area contributed by atoms with Gasteiger partial charge >= 0.3 is 5.97 Å². The molecule has 3 unspecified atom stereocenters. The first-order valence-corrected chi connectivity index (χ1v) is 7.65. The first kappa shape index (κ1) is 15.0. The monoisotopic (exact) mass is 303 g/mol. The lowest BCUT2D eigenvalue weighted by atomic mass is 9.92. The van der Waals surface area contributed by atoms with Gasteiger partial charge in [0.1, 0.15) is 0 Å². The van der Waals surface area contributed by atoms with Crippen LogP contribution >= 0.6 is 0 Å². The van der Waals surface area contributed by atoms with E-state index in [-0.39, 0.29) is 36.4 Å². The number of cyclic esters (lactones) is 1. The highest BCUT2D eigenvalue weighted by atomic mass is 16.7. The number of esters is 1. The molecule has 0 aromatic rings. The van der Waals surface area contributed by atoms with Crippen molar-refractivity contribution in [2.75, 3.05) is 6.61 Å². The van der Waals surface area contributed by atoms with Crippen molar-refractivity contribution in [1.29, 1.82) is 0 Å². The van der Waals surface area contributed by atoms with E-state index < -0.39 is 6.29 Å². The molecule has 2 aliphatic heterocycles. The van der Waals surface area contributed by atoms with E-state index in [1.165, 1.54) is 5.57 Å². The molecule has 5 atom stereocenters. The molecule has 1 saturated heterocycles. The van der Waals surface area contributed by atoms with Gasteiger partial charge in [0.25, 0.3) is 0 Å². The Morgan fingerprint density at radius 2 is 2.27 bits per heavy atom. The molecule has 3 rings (SSSR count). The van der Waals surface area contributed by atoms with E-state index in [0.717, 1.165) is 6.42 Å². The van der Waals surface area contributed by atoms with Gasteiger partial charge in [0.05, 0.1) is 18.6 Å². The van der Waals surface area contributed by atoms with Crippen LogP contribution in [0.25, 0.3) is 0 Å². The van der Waals surface area contributed by atoms with E-state index >= 15 is 0 Å². The maximum atomic E-state index is 12.2. The fourth-order valence-corrected chi connectivity index (χ4v) is 3.70. The number of allylic oxidation sites excluding steroid dienone is 2. The van der Waals surface area contributed by atoms with Crippen LogP contribution in [0.3, 0.4) is 0 Å². The van der Waals surface area contributed by atoms with Gasteiger partial charge in [-0.25, -0.2) is 4.79 Å². The lowest BCUT2D eigenvalue weighted by molar-refractivity contribution is -0.161. The first-order valence-electron chi connectivity index (χ1n) is 7.65. The van der Waals surface area contributed by atoms with Crippen molar-refractivity contribution in [3.05, 3.63) is 36.0 Å². The number of ether oxygens (including phenoxy) is 2. The van der Waals surface area contributed by atoms with E-state index in [2.05, 4.69) is 18.0 Å². The third-order valence-electron chi connectivity index (χ3n) is 4.88. The Morgan fingerprint density at radius 1 is 1.50 bits per heavy atom. The largest absolute Gasteiger partial charge is 0.429 e. The number of fused-ring (bicyclic) bond motifs is 1. The summed E-state index contributed by atoms with van der Waals surface area (Å²) in [6.45, 7) is 7.83. The summed E-state index contributed by atoms with van der Waals surface area (Å²) in [7, 11) is 0. The van der Waals surface area contributed by atoms with Crippen molar-refractivity contribution >= 4 is 11.9 Å². The van der Waals surface area contributed by atoms with E-state index in [1.54, 1.807) is 13.0 Å². The van der Waals surface area contributed by atoms with Gasteiger partial charge in [-0.1, -0.05) is 12.2 Å². The second-order valence-electron chi connectivity index (χ2n) is 6.08. The molecule has 3 aliphatic rings. The van der Waals surface area contributed by atoms with Gasteiger partial charge in [-0.3, -0.25) is 4.79 Å². The summed E-state index contributed by atoms with van der Waals surface area (Å²) < 4.78 is 10.7. The van der Waals surface area contributed by atoms with Crippen molar-refractivity contribution in [3.63, 3.8) is 0 Å². The van der Waals surface area contributed by atoms with E-state index in [1.807, 2.05) is 13.0 Å². The maximum Gasteiger partial charge on any atom is 0.336 e. The van der Waals surface area contributed by atoms with Crippen molar-refractivity contribution in [3.8, 4) is 0 Å². The molecule has 0 spiro atoms. The van der Waals surface area contributed by atoms with Crippen molar-refractivity contribution in [2.24, 2.45) is 17.8 Å². The standard InChI is InChI=1S/C17H21NO4/c1-4-10-7-12-13(16(19)18-15(12)11(10)5-2)8-21-14-6-9(3)17(20)22-14/h4-6,10,12-15H,1,7-8H2,2-3H3,(H,18,19)/b11-5+/t10-,12?,13?,14?,15+/m0/s1. The van der Waals surface area contributed by atoms with E-state index in [0.29, 0.717) is 11.5 Å². The van der Waals surface area contributed by atoms with Gasteiger partial charge in [0.15, 0.2) is 0 Å². The maximum absolute atomic E-state index is 12.2. The molecule has 0 aromatic heterocycles. The summed E-state index contributed by atoms with van der Waals surface area (Å²) in [5, 5.41) is 3.07. The van der Waals surface area contributed by atoms with Gasteiger partial charge in [-0.05, 0) is 43.8 Å². The number of rotatable bonds is 4. The second kappa shape index (κ2) is 5.72. The Bertz CT molecular complexity index is 577. The van der Waals surface area contributed by atoms with Crippen LogP contribution in [-0.2, 0) is 19.1 Å². The summed E-state index contributed by atoms with van der Waals surface area (Å²) in [4.78, 5) is 23.5. The second-order valence-corrected chi connectivity index (χ2v) is 6.08. The lowest BCUT2D eigenvalue weighted by Crippen LogP contribution is -2.29. The minimum absolute atomic E-state index is 0.0156. The normalized spacial score (nSPS) is 38.7. The molecule has 1 saturated carbocycles. The highest BCUT2D eigenvalue weighted by Crippen LogP contribution is 2.44. The Hall–Kier alpha value is -1.88. The van der Waals surface area contributed by atoms with Gasteiger partial charge in [-0.2, -0.15) is 0 Å². The lowest BCUT2D eigenvalue weighted by Gasteiger charge is -2.17. The van der Waals surface area contributed by atoms with Crippen molar-refractivity contribution in [1.82, 2.24) is 5.32 Å². The van der Waals surface area contributed by atoms with Gasteiger partial charge in [-0.15, -0.1) is 6.58 Å². The van der Waals surface area contributed by atoms with Crippen LogP contribution in [0, 0.1) is 17.8 Å². The SMILES string of the molecule is C=C[C@H]1CC2C(COC3C=C(C)C(=O)O3)C(=O)N[C@@H]2/C1=C/C. The molecule has 2 fully saturated rings. The van der Waals surface area contributed by atoms with Crippen LogP contribution in [0.2, 0.25) is 0 Å². The minimum Gasteiger partial charge on any atom is -0.429 e. The third kappa shape index (κ3) is 2.39. The van der Waals surface area contributed by atoms with Gasteiger partial charge in [0, 0.05) is 5.57 Å². The highest BCUT2D eigenvalue weighted by molar-refractivity contribution is 5.90. The van der Waals surface area contributed by atoms with Gasteiger partial charge in [0.2, 0.25) is 12.2 Å². The molecule has 5 nitrogen and oxygen atoms in total. The summed E-state index contributed by atoms with van der Waals surface area (Å²) in [6.07, 6.45) is 5.90. The van der Waals surface area contributed by atoms with Crippen LogP contribution in [0.4, 0.5) is 0 Å². The van der Waals surface area contributed by atoms with Crippen LogP contribution in [0.15, 0.2) is 36.0 Å². The predicted molar refractivity (Wildman–Crippen MR) is 80.6 cm³/mol. The van der Waals surface area contributed by atoms with Crippen LogP contribution < -0.4 is 5.32 Å². The average Bonchev–Trinajstić information content (AvgIpc) is 3.09. The molecule has 0 aromatic carbocycles. The third-order valence-corrected chi connectivity index (χ3v) is 4.88. The number of hydrogen-bond donors (Lipinski definition) is 1. The summed E-state index contributed by atoms with van der Waals surface area (Å²) in [5.41, 5.74) is 1.78. The Morgan fingerprint density at radius 3 is 2.86 bits per heavy atom. The minimum atomic E-state index is -0.669. The summed E-state index contributed by atoms with van der Waals surface area (Å²) in [5.74, 6) is -0.0271. The molecular weight excluding hydrogens is 282 g/mol. The van der Waals surface area contributed by atoms with Crippen molar-refractivity contribution < 1.29 is 19.1 Å². The molecule has 1 N–H and O–H groups in total. The molecule has 118 valence electrons. The molecular formula is C17H21NO4. The number of hydrogen-bond acceptors (Lipinski definition) is 4. The topological polar surface area (TPSA) is 64.6 Å². The van der Waals surface area contributed by atoms with Crippen LogP contribution in [0.1, 0.15) is 20.3 Å². The molecule has 1 amide bonds. The smallest absolute Gasteiger partial charge is 0.336 e. The van der Waals surface area contributed by atoms with Crippen molar-refractivity contribution in [2.45, 2.75) is 32.6 Å². The number of nitrogens with one attached hydrogen (secondary N) is 1. The summed E-state index contributed by atoms with van der Waals surface area (Å²) >= 11 is 0. The van der Waals surface area contributed by atoms with Crippen LogP contribution in [0.5, 0.6) is 0 Å². The highest BCUT2D eigenvalue weighted by Gasteiger charge is 2.50. The van der Waals surface area contributed by atoms with Crippen LogP contribution in [-0.4, -0.2) is 30.8 Å². The molecule has 2 heterocycles. The molecule has 5 heteroatoms. The number of amides is 1. The van der Waals surface area contributed by atoms with Gasteiger partial charge < -0.3 is 14.8 Å². The summed E-state index contributed by atoms with van der Waals surface area (Å²) in [6, 6.07) is 0.0810. The molecule has 0 bridgehead atoms.